The van der Waals surface area contributed by atoms with Crippen LogP contribution in [0.3, 0.4) is 0 Å². The van der Waals surface area contributed by atoms with E-state index in [0.29, 0.717) is 0 Å². The van der Waals surface area contributed by atoms with Crippen molar-refractivity contribution in [2.75, 3.05) is 0 Å². The van der Waals surface area contributed by atoms with Gasteiger partial charge in [-0.15, -0.1) is 0 Å². The van der Waals surface area contributed by atoms with Crippen molar-refractivity contribution in [2.45, 2.75) is 44.8 Å². The first-order valence-corrected chi connectivity index (χ1v) is 6.43. The fourth-order valence-corrected chi connectivity index (χ4v) is 3.19. The van der Waals surface area contributed by atoms with Crippen LogP contribution < -0.4 is 0 Å². The second kappa shape index (κ2) is 3.27. The molecule has 1 aromatic heterocycles. The van der Waals surface area contributed by atoms with Crippen LogP contribution in [0.2, 0.25) is 0 Å². The summed E-state index contributed by atoms with van der Waals surface area (Å²) in [6, 6.07) is 0.856. The zero-order valence-corrected chi connectivity index (χ0v) is 9.47. The predicted octanol–water partition coefficient (Wildman–Crippen LogP) is 1.98. The SMILES string of the molecule is c1ncc2c(n1)CN(C(C1CC1)C1CC1)C2. The summed E-state index contributed by atoms with van der Waals surface area (Å²) in [6.07, 6.45) is 9.52. The molecular weight excluding hydrogens is 198 g/mol. The maximum absolute atomic E-state index is 4.40. The van der Waals surface area contributed by atoms with Gasteiger partial charge in [0.15, 0.2) is 0 Å². The molecule has 1 aromatic rings. The van der Waals surface area contributed by atoms with Crippen LogP contribution in [0.5, 0.6) is 0 Å². The van der Waals surface area contributed by atoms with Gasteiger partial charge in [-0.25, -0.2) is 9.97 Å². The van der Waals surface area contributed by atoms with Crippen molar-refractivity contribution >= 4 is 0 Å². The number of rotatable bonds is 3. The first-order chi connectivity index (χ1) is 7.92. The van der Waals surface area contributed by atoms with E-state index in [1.807, 2.05) is 6.20 Å². The molecular formula is C13H17N3. The Morgan fingerprint density at radius 2 is 1.88 bits per heavy atom. The molecule has 2 fully saturated rings. The van der Waals surface area contributed by atoms with Crippen LogP contribution in [0.1, 0.15) is 36.9 Å². The van der Waals surface area contributed by atoms with Crippen molar-refractivity contribution in [2.24, 2.45) is 11.8 Å². The number of aromatic nitrogens is 2. The zero-order valence-electron chi connectivity index (χ0n) is 9.47. The Bertz CT molecular complexity index is 372. The Labute approximate surface area is 95.9 Å². The molecule has 3 heteroatoms. The molecule has 0 aromatic carbocycles. The Kier molecular flexibility index (Phi) is 1.86. The predicted molar refractivity (Wildman–Crippen MR) is 60.5 cm³/mol. The highest BCUT2D eigenvalue weighted by Gasteiger charge is 2.45. The Hall–Kier alpha value is -0.960. The van der Waals surface area contributed by atoms with E-state index < -0.39 is 0 Å². The summed E-state index contributed by atoms with van der Waals surface area (Å²) >= 11 is 0. The lowest BCUT2D eigenvalue weighted by molar-refractivity contribution is 0.156. The van der Waals surface area contributed by atoms with Gasteiger partial charge < -0.3 is 0 Å². The van der Waals surface area contributed by atoms with Crippen molar-refractivity contribution in [1.29, 1.82) is 0 Å². The van der Waals surface area contributed by atoms with Crippen molar-refractivity contribution in [3.63, 3.8) is 0 Å². The topological polar surface area (TPSA) is 29.0 Å². The fourth-order valence-electron chi connectivity index (χ4n) is 3.19. The molecule has 0 saturated heterocycles. The summed E-state index contributed by atoms with van der Waals surface area (Å²) in [5, 5.41) is 0. The molecule has 0 radical (unpaired) electrons. The fraction of sp³-hybridized carbons (Fsp3) is 0.692. The number of hydrogen-bond donors (Lipinski definition) is 0. The van der Waals surface area contributed by atoms with Gasteiger partial charge in [-0.2, -0.15) is 0 Å². The Morgan fingerprint density at radius 1 is 1.12 bits per heavy atom. The van der Waals surface area contributed by atoms with Gasteiger partial charge >= 0.3 is 0 Å². The third-order valence-corrected chi connectivity index (χ3v) is 4.24. The van der Waals surface area contributed by atoms with Gasteiger partial charge in [-0.3, -0.25) is 4.90 Å². The van der Waals surface area contributed by atoms with E-state index in [1.165, 1.54) is 36.9 Å². The van der Waals surface area contributed by atoms with E-state index in [9.17, 15) is 0 Å². The molecule has 3 nitrogen and oxygen atoms in total. The Balaban J connectivity index is 1.57. The van der Waals surface area contributed by atoms with Gasteiger partial charge in [0.05, 0.1) is 5.69 Å². The number of fused-ring (bicyclic) bond motifs is 1. The molecule has 2 saturated carbocycles. The molecule has 84 valence electrons. The lowest BCUT2D eigenvalue weighted by Gasteiger charge is -2.27. The van der Waals surface area contributed by atoms with Crippen LogP contribution in [0, 0.1) is 11.8 Å². The molecule has 0 amide bonds. The smallest absolute Gasteiger partial charge is 0.115 e. The zero-order chi connectivity index (χ0) is 10.5. The minimum absolute atomic E-state index is 0.856. The maximum atomic E-state index is 4.40. The van der Waals surface area contributed by atoms with Crippen LogP contribution in [-0.4, -0.2) is 20.9 Å². The minimum atomic E-state index is 0.856. The van der Waals surface area contributed by atoms with E-state index in [1.54, 1.807) is 6.33 Å². The van der Waals surface area contributed by atoms with Gasteiger partial charge in [-0.05, 0) is 37.5 Å². The third kappa shape index (κ3) is 1.46. The standard InChI is InChI=1S/C13H17N3/c1-2-9(1)13(10-3-4-10)16-6-11-5-14-8-15-12(11)7-16/h5,8-10,13H,1-4,6-7H2. The van der Waals surface area contributed by atoms with Crippen molar-refractivity contribution in [1.82, 2.24) is 14.9 Å². The van der Waals surface area contributed by atoms with Gasteiger partial charge in [0.1, 0.15) is 6.33 Å². The lowest BCUT2D eigenvalue weighted by Crippen LogP contribution is -2.34. The lowest BCUT2D eigenvalue weighted by atomic mass is 10.1. The summed E-state index contributed by atoms with van der Waals surface area (Å²) < 4.78 is 0. The molecule has 0 spiro atoms. The van der Waals surface area contributed by atoms with E-state index in [0.717, 1.165) is 31.0 Å². The van der Waals surface area contributed by atoms with Gasteiger partial charge in [0.25, 0.3) is 0 Å². The third-order valence-electron chi connectivity index (χ3n) is 4.24. The quantitative estimate of drug-likeness (QED) is 0.772. The van der Waals surface area contributed by atoms with Crippen LogP contribution in [0.25, 0.3) is 0 Å². The molecule has 0 bridgehead atoms. The largest absolute Gasteiger partial charge is 0.290 e. The molecule has 2 heterocycles. The average molecular weight is 215 g/mol. The average Bonchev–Trinajstić information content (AvgIpc) is 3.18. The maximum Gasteiger partial charge on any atom is 0.115 e. The summed E-state index contributed by atoms with van der Waals surface area (Å²) in [6.45, 7) is 2.16. The first kappa shape index (κ1) is 9.11. The molecule has 4 rings (SSSR count). The monoisotopic (exact) mass is 215 g/mol. The summed E-state index contributed by atoms with van der Waals surface area (Å²) in [4.78, 5) is 11.2. The first-order valence-electron chi connectivity index (χ1n) is 6.43. The second-order valence-corrected chi connectivity index (χ2v) is 5.57. The van der Waals surface area contributed by atoms with Gasteiger partial charge in [-0.1, -0.05) is 0 Å². The van der Waals surface area contributed by atoms with E-state index in [2.05, 4.69) is 14.9 Å². The summed E-state index contributed by atoms with van der Waals surface area (Å²) in [5.41, 5.74) is 2.62. The molecule has 0 N–H and O–H groups in total. The molecule has 3 aliphatic rings. The van der Waals surface area contributed by atoms with Crippen LogP contribution in [-0.2, 0) is 13.1 Å². The van der Waals surface area contributed by atoms with E-state index in [-0.39, 0.29) is 0 Å². The summed E-state index contributed by atoms with van der Waals surface area (Å²) in [7, 11) is 0. The highest BCUT2D eigenvalue weighted by atomic mass is 15.2. The molecule has 2 aliphatic carbocycles. The normalized spacial score (nSPS) is 25.1. The summed E-state index contributed by atoms with van der Waals surface area (Å²) in [5.74, 6) is 1.99. The molecule has 16 heavy (non-hydrogen) atoms. The molecule has 0 unspecified atom stereocenters. The van der Waals surface area contributed by atoms with Crippen molar-refractivity contribution in [3.05, 3.63) is 23.8 Å². The van der Waals surface area contributed by atoms with Crippen LogP contribution in [0.15, 0.2) is 12.5 Å². The highest BCUT2D eigenvalue weighted by Crippen LogP contribution is 2.48. The van der Waals surface area contributed by atoms with E-state index in [4.69, 9.17) is 0 Å². The Morgan fingerprint density at radius 3 is 2.50 bits per heavy atom. The number of nitrogens with zero attached hydrogens (tertiary/aromatic N) is 3. The van der Waals surface area contributed by atoms with Gasteiger partial charge in [0, 0.05) is 30.9 Å². The minimum Gasteiger partial charge on any atom is -0.290 e. The molecule has 0 atom stereocenters. The van der Waals surface area contributed by atoms with Gasteiger partial charge in [0.2, 0.25) is 0 Å². The van der Waals surface area contributed by atoms with Crippen LogP contribution >= 0.6 is 0 Å². The van der Waals surface area contributed by atoms with Crippen molar-refractivity contribution in [3.8, 4) is 0 Å². The highest BCUT2D eigenvalue weighted by molar-refractivity contribution is 5.21. The van der Waals surface area contributed by atoms with Crippen molar-refractivity contribution < 1.29 is 0 Å². The van der Waals surface area contributed by atoms with E-state index >= 15 is 0 Å². The second-order valence-electron chi connectivity index (χ2n) is 5.57. The van der Waals surface area contributed by atoms with Crippen LogP contribution in [0.4, 0.5) is 0 Å². The number of hydrogen-bond acceptors (Lipinski definition) is 3. The molecule has 1 aliphatic heterocycles.